The topological polar surface area (TPSA) is 38.5 Å². The molecule has 1 fully saturated rings. The van der Waals surface area contributed by atoms with Gasteiger partial charge in [0.25, 0.3) is 0 Å². The third kappa shape index (κ3) is 2.53. The summed E-state index contributed by atoms with van der Waals surface area (Å²) in [5.74, 6) is -1.61. The van der Waals surface area contributed by atoms with E-state index in [1.165, 1.54) is 6.07 Å². The Kier molecular flexibility index (Phi) is 4.27. The van der Waals surface area contributed by atoms with E-state index in [0.29, 0.717) is 18.7 Å². The van der Waals surface area contributed by atoms with Crippen LogP contribution in [0.3, 0.4) is 0 Å². The highest BCUT2D eigenvalue weighted by Gasteiger charge is 2.34. The molecule has 0 saturated carbocycles. The molecule has 2 unspecified atom stereocenters. The fourth-order valence-electron chi connectivity index (χ4n) is 2.52. The number of halogens is 2. The van der Waals surface area contributed by atoms with Gasteiger partial charge in [0.05, 0.1) is 12.6 Å². The highest BCUT2D eigenvalue weighted by Crippen LogP contribution is 2.32. The molecule has 100 valence electrons. The molecule has 0 spiro atoms. The van der Waals surface area contributed by atoms with Crippen LogP contribution in [0, 0.1) is 11.6 Å². The van der Waals surface area contributed by atoms with Crippen molar-refractivity contribution in [3.8, 4) is 0 Å². The van der Waals surface area contributed by atoms with Crippen molar-refractivity contribution in [2.75, 3.05) is 26.8 Å². The Morgan fingerprint density at radius 3 is 2.94 bits per heavy atom. The molecule has 0 amide bonds. The standard InChI is InChI=1S/C13H18F2N2O/c1-18-8-7-17-6-5-11(16)13(17)9-3-2-4-10(14)12(9)15/h2-4,11,13H,5-8,16H2,1H3. The molecule has 0 aromatic heterocycles. The summed E-state index contributed by atoms with van der Waals surface area (Å²) in [5.41, 5.74) is 6.36. The molecule has 2 rings (SSSR count). The fraction of sp³-hybridized carbons (Fsp3) is 0.538. The van der Waals surface area contributed by atoms with Gasteiger partial charge in [0.1, 0.15) is 0 Å². The highest BCUT2D eigenvalue weighted by atomic mass is 19.2. The molecule has 2 N–H and O–H groups in total. The molecule has 1 saturated heterocycles. The molecule has 1 aromatic rings. The Labute approximate surface area is 106 Å². The smallest absolute Gasteiger partial charge is 0.163 e. The van der Waals surface area contributed by atoms with Crippen LogP contribution in [0.25, 0.3) is 0 Å². The molecule has 1 aromatic carbocycles. The predicted molar refractivity (Wildman–Crippen MR) is 65.1 cm³/mol. The Morgan fingerprint density at radius 1 is 1.44 bits per heavy atom. The van der Waals surface area contributed by atoms with E-state index in [4.69, 9.17) is 10.5 Å². The van der Waals surface area contributed by atoms with E-state index in [2.05, 4.69) is 0 Å². The molecule has 0 bridgehead atoms. The third-order valence-electron chi connectivity index (χ3n) is 3.43. The van der Waals surface area contributed by atoms with E-state index in [1.54, 1.807) is 13.2 Å². The zero-order valence-electron chi connectivity index (χ0n) is 10.4. The van der Waals surface area contributed by atoms with Crippen LogP contribution in [-0.2, 0) is 4.74 Å². The molecule has 2 atom stereocenters. The molecule has 1 heterocycles. The number of ether oxygens (including phenoxy) is 1. The summed E-state index contributed by atoms with van der Waals surface area (Å²) < 4.78 is 32.1. The summed E-state index contributed by atoms with van der Waals surface area (Å²) in [5, 5.41) is 0. The fourth-order valence-corrected chi connectivity index (χ4v) is 2.52. The van der Waals surface area contributed by atoms with Crippen molar-refractivity contribution in [2.45, 2.75) is 18.5 Å². The number of benzene rings is 1. The number of nitrogens with two attached hydrogens (primary N) is 1. The second-order valence-corrected chi connectivity index (χ2v) is 4.57. The maximum Gasteiger partial charge on any atom is 0.163 e. The summed E-state index contributed by atoms with van der Waals surface area (Å²) in [7, 11) is 1.62. The van der Waals surface area contributed by atoms with Gasteiger partial charge < -0.3 is 10.5 Å². The number of rotatable bonds is 4. The van der Waals surface area contributed by atoms with E-state index in [1.807, 2.05) is 4.90 Å². The average Bonchev–Trinajstić information content (AvgIpc) is 2.72. The maximum absolute atomic E-state index is 13.8. The Balaban J connectivity index is 2.25. The first-order valence-corrected chi connectivity index (χ1v) is 6.07. The van der Waals surface area contributed by atoms with Crippen LogP contribution < -0.4 is 5.73 Å². The van der Waals surface area contributed by atoms with Gasteiger partial charge in [-0.2, -0.15) is 0 Å². The van der Waals surface area contributed by atoms with Crippen molar-refractivity contribution in [1.29, 1.82) is 0 Å². The van der Waals surface area contributed by atoms with Crippen molar-refractivity contribution in [3.63, 3.8) is 0 Å². The molecule has 18 heavy (non-hydrogen) atoms. The van der Waals surface area contributed by atoms with Crippen molar-refractivity contribution >= 4 is 0 Å². The highest BCUT2D eigenvalue weighted by molar-refractivity contribution is 5.25. The Hall–Kier alpha value is -1.04. The lowest BCUT2D eigenvalue weighted by molar-refractivity contribution is 0.137. The largest absolute Gasteiger partial charge is 0.383 e. The van der Waals surface area contributed by atoms with Crippen LogP contribution in [0.1, 0.15) is 18.0 Å². The van der Waals surface area contributed by atoms with Gasteiger partial charge in [-0.05, 0) is 12.5 Å². The van der Waals surface area contributed by atoms with Crippen LogP contribution in [0.2, 0.25) is 0 Å². The van der Waals surface area contributed by atoms with Gasteiger partial charge in [0.2, 0.25) is 0 Å². The molecular formula is C13H18F2N2O. The molecule has 1 aliphatic rings. The van der Waals surface area contributed by atoms with Crippen molar-refractivity contribution in [3.05, 3.63) is 35.4 Å². The Morgan fingerprint density at radius 2 is 2.22 bits per heavy atom. The second-order valence-electron chi connectivity index (χ2n) is 4.57. The van der Waals surface area contributed by atoms with E-state index in [-0.39, 0.29) is 12.1 Å². The van der Waals surface area contributed by atoms with Gasteiger partial charge in [-0.1, -0.05) is 12.1 Å². The lowest BCUT2D eigenvalue weighted by atomic mass is 10.00. The molecule has 3 nitrogen and oxygen atoms in total. The van der Waals surface area contributed by atoms with E-state index < -0.39 is 11.6 Å². The first-order valence-electron chi connectivity index (χ1n) is 6.07. The lowest BCUT2D eigenvalue weighted by Crippen LogP contribution is -2.34. The minimum absolute atomic E-state index is 0.168. The normalized spacial score (nSPS) is 24.7. The summed E-state index contributed by atoms with van der Waals surface area (Å²) in [6.07, 6.45) is 0.782. The van der Waals surface area contributed by atoms with Gasteiger partial charge in [-0.25, -0.2) is 8.78 Å². The first kappa shape index (κ1) is 13.4. The number of hydrogen-bond donors (Lipinski definition) is 1. The second kappa shape index (κ2) is 5.73. The molecule has 5 heteroatoms. The Bertz CT molecular complexity index is 414. The zero-order chi connectivity index (χ0) is 13.1. The SMILES string of the molecule is COCCN1CCC(N)C1c1cccc(F)c1F. The monoisotopic (exact) mass is 256 g/mol. The summed E-state index contributed by atoms with van der Waals surface area (Å²) in [6, 6.07) is 3.81. The summed E-state index contributed by atoms with van der Waals surface area (Å²) >= 11 is 0. The van der Waals surface area contributed by atoms with Gasteiger partial charge in [-0.3, -0.25) is 4.90 Å². The van der Waals surface area contributed by atoms with Crippen LogP contribution in [0.5, 0.6) is 0 Å². The van der Waals surface area contributed by atoms with Gasteiger partial charge >= 0.3 is 0 Å². The van der Waals surface area contributed by atoms with E-state index in [9.17, 15) is 8.78 Å². The van der Waals surface area contributed by atoms with Crippen molar-refractivity contribution in [1.82, 2.24) is 4.90 Å². The van der Waals surface area contributed by atoms with Gasteiger partial charge in [-0.15, -0.1) is 0 Å². The molecule has 0 aliphatic carbocycles. The number of likely N-dealkylation sites (tertiary alicyclic amines) is 1. The van der Waals surface area contributed by atoms with Crippen LogP contribution >= 0.6 is 0 Å². The third-order valence-corrected chi connectivity index (χ3v) is 3.43. The first-order chi connectivity index (χ1) is 8.65. The van der Waals surface area contributed by atoms with E-state index >= 15 is 0 Å². The van der Waals surface area contributed by atoms with Crippen molar-refractivity contribution < 1.29 is 13.5 Å². The minimum atomic E-state index is -0.821. The molecule has 0 radical (unpaired) electrons. The number of nitrogens with zero attached hydrogens (tertiary/aromatic N) is 1. The molecular weight excluding hydrogens is 238 g/mol. The lowest BCUT2D eigenvalue weighted by Gasteiger charge is -2.27. The average molecular weight is 256 g/mol. The minimum Gasteiger partial charge on any atom is -0.383 e. The zero-order valence-corrected chi connectivity index (χ0v) is 10.4. The summed E-state index contributed by atoms with van der Waals surface area (Å²) in [4.78, 5) is 2.05. The van der Waals surface area contributed by atoms with Gasteiger partial charge in [0.15, 0.2) is 11.6 Å². The maximum atomic E-state index is 13.8. The number of hydrogen-bond acceptors (Lipinski definition) is 3. The van der Waals surface area contributed by atoms with Crippen molar-refractivity contribution in [2.24, 2.45) is 5.73 Å². The predicted octanol–water partition coefficient (Wildman–Crippen LogP) is 1.69. The quantitative estimate of drug-likeness (QED) is 0.891. The summed E-state index contributed by atoms with van der Waals surface area (Å²) in [6.45, 7) is 2.01. The van der Waals surface area contributed by atoms with E-state index in [0.717, 1.165) is 19.0 Å². The number of methoxy groups -OCH3 is 1. The van der Waals surface area contributed by atoms with Crippen LogP contribution in [0.15, 0.2) is 18.2 Å². The van der Waals surface area contributed by atoms with Crippen LogP contribution in [0.4, 0.5) is 8.78 Å². The molecule has 1 aliphatic heterocycles. The van der Waals surface area contributed by atoms with Crippen LogP contribution in [-0.4, -0.2) is 37.7 Å². The van der Waals surface area contributed by atoms with Gasteiger partial charge in [0, 0.05) is 31.8 Å².